The van der Waals surface area contributed by atoms with Crippen molar-refractivity contribution in [1.29, 1.82) is 0 Å². The Morgan fingerprint density at radius 2 is 2.15 bits per heavy atom. The van der Waals surface area contributed by atoms with Crippen LogP contribution < -0.4 is 10.6 Å². The summed E-state index contributed by atoms with van der Waals surface area (Å²) in [4.78, 5) is 36.1. The third kappa shape index (κ3) is 3.16. The molecule has 0 saturated carbocycles. The molecule has 2 amide bonds. The Balaban J connectivity index is 1.81. The Hall–Kier alpha value is -2.49. The largest absolute Gasteiger partial charge is 0.434 e. The van der Waals surface area contributed by atoms with Crippen molar-refractivity contribution < 1.29 is 27.7 Å². The molecule has 140 valence electrons. The minimum Gasteiger partial charge on any atom is -0.434 e. The van der Waals surface area contributed by atoms with Crippen molar-refractivity contribution in [3.05, 3.63) is 29.6 Å². The van der Waals surface area contributed by atoms with Crippen LogP contribution in [0.4, 0.5) is 14.9 Å². The van der Waals surface area contributed by atoms with Gasteiger partial charge in [-0.15, -0.1) is 0 Å². The van der Waals surface area contributed by atoms with Crippen molar-refractivity contribution in [2.45, 2.75) is 24.9 Å². The summed E-state index contributed by atoms with van der Waals surface area (Å²) < 4.78 is 35.3. The first-order valence-corrected chi connectivity index (χ1v) is 9.66. The molecule has 2 fully saturated rings. The summed E-state index contributed by atoms with van der Waals surface area (Å²) >= 11 is 0. The second kappa shape index (κ2) is 6.67. The number of rotatable bonds is 3. The van der Waals surface area contributed by atoms with Crippen molar-refractivity contribution >= 4 is 32.5 Å². The molecule has 2 N–H and O–H groups in total. The predicted molar refractivity (Wildman–Crippen MR) is 91.6 cm³/mol. The fourth-order valence-corrected chi connectivity index (χ4v) is 4.82. The third-order valence-corrected chi connectivity index (χ3v) is 6.93. The topological polar surface area (TPSA) is 119 Å². The van der Waals surface area contributed by atoms with Gasteiger partial charge in [0.1, 0.15) is 15.5 Å². The van der Waals surface area contributed by atoms with Crippen LogP contribution >= 0.6 is 0 Å². The summed E-state index contributed by atoms with van der Waals surface area (Å²) in [6.07, 6.45) is -1.51. The van der Waals surface area contributed by atoms with E-state index in [0.29, 0.717) is 12.0 Å². The molecule has 8 nitrogen and oxygen atoms in total. The van der Waals surface area contributed by atoms with Gasteiger partial charge in [-0.1, -0.05) is 6.07 Å². The highest BCUT2D eigenvalue weighted by Crippen LogP contribution is 2.34. The number of benzene rings is 1. The second-order valence-corrected chi connectivity index (χ2v) is 8.69. The van der Waals surface area contributed by atoms with Gasteiger partial charge in [0, 0.05) is 19.2 Å². The molecule has 0 spiro atoms. The van der Waals surface area contributed by atoms with Crippen LogP contribution in [0.1, 0.15) is 24.3 Å². The standard InChI is InChI=1S/C16H18FN3O5S/c1-19-26(24)5-4-9(6-14(26)21)11-3-2-10(7-12(11)17)20-8-13(15(18)22)25-16(20)23/h2-3,7,9,13H,4-6,8H2,1H3,(H2,18,22)/t9-,13-,26-/m1/s1. The van der Waals surface area contributed by atoms with Crippen LogP contribution in [0.15, 0.2) is 22.6 Å². The Morgan fingerprint density at radius 3 is 2.69 bits per heavy atom. The molecule has 3 atom stereocenters. The predicted octanol–water partition coefficient (Wildman–Crippen LogP) is 1.14. The molecule has 10 heteroatoms. The Bertz CT molecular complexity index is 909. The van der Waals surface area contributed by atoms with Gasteiger partial charge < -0.3 is 10.5 Å². The first-order valence-electron chi connectivity index (χ1n) is 7.98. The molecule has 26 heavy (non-hydrogen) atoms. The number of carbonyl (C=O) groups is 3. The van der Waals surface area contributed by atoms with Crippen LogP contribution in [0.3, 0.4) is 0 Å². The number of halogens is 1. The summed E-state index contributed by atoms with van der Waals surface area (Å²) in [5, 5.41) is -0.466. The second-order valence-electron chi connectivity index (χ2n) is 6.18. The van der Waals surface area contributed by atoms with Crippen LogP contribution in [0.2, 0.25) is 0 Å². The molecule has 2 aliphatic rings. The Morgan fingerprint density at radius 1 is 1.42 bits per heavy atom. The van der Waals surface area contributed by atoms with Crippen molar-refractivity contribution in [3.63, 3.8) is 0 Å². The van der Waals surface area contributed by atoms with Crippen molar-refractivity contribution in [1.82, 2.24) is 0 Å². The molecular weight excluding hydrogens is 365 g/mol. The molecule has 1 aromatic carbocycles. The third-order valence-electron chi connectivity index (χ3n) is 4.67. The number of nitrogens with two attached hydrogens (primary N) is 1. The maximum atomic E-state index is 14.6. The fourth-order valence-electron chi connectivity index (χ4n) is 3.14. The molecule has 0 bridgehead atoms. The van der Waals surface area contributed by atoms with Crippen LogP contribution in [-0.4, -0.2) is 46.8 Å². The highest BCUT2D eigenvalue weighted by molar-refractivity contribution is 8.08. The van der Waals surface area contributed by atoms with Crippen LogP contribution in [0, 0.1) is 5.82 Å². The molecule has 0 radical (unpaired) electrons. The zero-order valence-electron chi connectivity index (χ0n) is 14.0. The van der Waals surface area contributed by atoms with E-state index in [-0.39, 0.29) is 24.4 Å². The lowest BCUT2D eigenvalue weighted by molar-refractivity contribution is -0.124. The highest BCUT2D eigenvalue weighted by atomic mass is 32.2. The van der Waals surface area contributed by atoms with E-state index in [1.807, 2.05) is 0 Å². The van der Waals surface area contributed by atoms with Gasteiger partial charge in [0.2, 0.25) is 5.12 Å². The number of amides is 2. The number of hydrogen-bond donors (Lipinski definition) is 1. The molecule has 1 aromatic rings. The Labute approximate surface area is 149 Å². The van der Waals surface area contributed by atoms with E-state index in [4.69, 9.17) is 10.5 Å². The first-order chi connectivity index (χ1) is 12.2. The lowest BCUT2D eigenvalue weighted by atomic mass is 9.92. The highest BCUT2D eigenvalue weighted by Gasteiger charge is 2.37. The minimum atomic E-state index is -2.85. The summed E-state index contributed by atoms with van der Waals surface area (Å²) in [6, 6.07) is 4.16. The normalized spacial score (nSPS) is 28.8. The molecule has 2 heterocycles. The Kier molecular flexibility index (Phi) is 4.70. The van der Waals surface area contributed by atoms with Crippen molar-refractivity contribution in [2.75, 3.05) is 24.2 Å². The van der Waals surface area contributed by atoms with E-state index >= 15 is 0 Å². The van der Waals surface area contributed by atoms with Crippen molar-refractivity contribution in [3.8, 4) is 0 Å². The lowest BCUT2D eigenvalue weighted by Gasteiger charge is -2.24. The number of primary amides is 1. The number of anilines is 1. The first kappa shape index (κ1) is 18.3. The quantitative estimate of drug-likeness (QED) is 0.839. The minimum absolute atomic E-state index is 0.0397. The molecular formula is C16H18FN3O5S. The number of hydrogen-bond acceptors (Lipinski definition) is 6. The van der Waals surface area contributed by atoms with E-state index in [0.717, 1.165) is 11.0 Å². The van der Waals surface area contributed by atoms with Gasteiger partial charge >= 0.3 is 6.09 Å². The molecule has 3 rings (SSSR count). The average molecular weight is 383 g/mol. The number of carbonyl (C=O) groups excluding carboxylic acids is 3. The van der Waals surface area contributed by atoms with E-state index in [1.54, 1.807) is 0 Å². The molecule has 0 aliphatic carbocycles. The SMILES string of the molecule is CN=[S@@]1(=O)CC[C@@H](c2ccc(N3C[C@H](C(N)=O)OC3=O)cc2F)CC1=O. The summed E-state index contributed by atoms with van der Waals surface area (Å²) in [5.41, 5.74) is 5.67. The smallest absolute Gasteiger partial charge is 0.415 e. The number of ether oxygens (including phenoxy) is 1. The van der Waals surface area contributed by atoms with Gasteiger partial charge in [-0.3, -0.25) is 14.5 Å². The maximum absolute atomic E-state index is 14.6. The van der Waals surface area contributed by atoms with E-state index < -0.39 is 44.7 Å². The van der Waals surface area contributed by atoms with Gasteiger partial charge in [0.25, 0.3) is 5.91 Å². The zero-order valence-corrected chi connectivity index (χ0v) is 14.8. The summed E-state index contributed by atoms with van der Waals surface area (Å²) in [6.45, 7) is -0.0884. The van der Waals surface area contributed by atoms with Crippen molar-refractivity contribution in [2.24, 2.45) is 10.1 Å². The van der Waals surface area contributed by atoms with E-state index in [2.05, 4.69) is 4.36 Å². The van der Waals surface area contributed by atoms with Crippen LogP contribution in [0.25, 0.3) is 0 Å². The van der Waals surface area contributed by atoms with E-state index in [1.165, 1.54) is 19.2 Å². The fraction of sp³-hybridized carbons (Fsp3) is 0.438. The number of nitrogens with zero attached hydrogens (tertiary/aromatic N) is 2. The average Bonchev–Trinajstić information content (AvgIpc) is 2.99. The van der Waals surface area contributed by atoms with Gasteiger partial charge in [-0.05, 0) is 30.0 Å². The summed E-state index contributed by atoms with van der Waals surface area (Å²) in [5.74, 6) is -1.65. The lowest BCUT2D eigenvalue weighted by Crippen LogP contribution is -2.32. The van der Waals surface area contributed by atoms with Gasteiger partial charge in [-0.2, -0.15) is 0 Å². The van der Waals surface area contributed by atoms with Crippen LogP contribution in [-0.2, 0) is 24.1 Å². The van der Waals surface area contributed by atoms with Gasteiger partial charge in [-0.25, -0.2) is 17.8 Å². The monoisotopic (exact) mass is 383 g/mol. The molecule has 0 unspecified atom stereocenters. The molecule has 2 aliphatic heterocycles. The zero-order chi connectivity index (χ0) is 19.1. The van der Waals surface area contributed by atoms with Gasteiger partial charge in [0.15, 0.2) is 6.10 Å². The maximum Gasteiger partial charge on any atom is 0.415 e. The van der Waals surface area contributed by atoms with Crippen LogP contribution in [0.5, 0.6) is 0 Å². The number of cyclic esters (lactones) is 1. The molecule has 0 aromatic heterocycles. The summed E-state index contributed by atoms with van der Waals surface area (Å²) in [7, 11) is -1.50. The van der Waals surface area contributed by atoms with Gasteiger partial charge in [0.05, 0.1) is 12.2 Å². The van der Waals surface area contributed by atoms with E-state index in [9.17, 15) is 23.0 Å². The molecule has 2 saturated heterocycles.